The number of aryl methyl sites for hydroxylation is 2. The van der Waals surface area contributed by atoms with Crippen molar-refractivity contribution in [3.05, 3.63) is 93.5 Å². The van der Waals surface area contributed by atoms with Gasteiger partial charge in [0, 0.05) is 4.47 Å². The van der Waals surface area contributed by atoms with Gasteiger partial charge in [0.15, 0.2) is 6.61 Å². The molecule has 3 rings (SSSR count). The molecule has 0 aliphatic rings. The summed E-state index contributed by atoms with van der Waals surface area (Å²) in [6, 6.07) is 21.2. The van der Waals surface area contributed by atoms with E-state index in [2.05, 4.69) is 26.5 Å². The van der Waals surface area contributed by atoms with Crippen molar-refractivity contribution < 1.29 is 14.3 Å². The number of hydrogen-bond acceptors (Lipinski definition) is 4. The first-order chi connectivity index (χ1) is 14.5. The highest BCUT2D eigenvalue weighted by Crippen LogP contribution is 2.17. The second-order valence-electron chi connectivity index (χ2n) is 6.82. The smallest absolute Gasteiger partial charge is 0.277 e. The Morgan fingerprint density at radius 2 is 1.77 bits per heavy atom. The highest BCUT2D eigenvalue weighted by atomic mass is 79.9. The molecule has 0 aliphatic heterocycles. The SMILES string of the molecule is Cc1ccc(OCC(=O)N/N=C/c2cccc(OCc3cccc(Br)c3)c2)cc1C. The number of carbonyl (C=O) groups is 1. The molecule has 5 nitrogen and oxygen atoms in total. The minimum absolute atomic E-state index is 0.102. The fraction of sp³-hybridized carbons (Fsp3) is 0.167. The number of halogens is 1. The Labute approximate surface area is 184 Å². The fourth-order valence-corrected chi connectivity index (χ4v) is 3.09. The van der Waals surface area contributed by atoms with E-state index >= 15 is 0 Å². The van der Waals surface area contributed by atoms with Crippen LogP contribution in [0.15, 0.2) is 76.3 Å². The Kier molecular flexibility index (Phi) is 7.63. The van der Waals surface area contributed by atoms with Crippen LogP contribution >= 0.6 is 15.9 Å². The third-order valence-electron chi connectivity index (χ3n) is 4.40. The van der Waals surface area contributed by atoms with E-state index in [1.165, 1.54) is 5.56 Å². The standard InChI is InChI=1S/C24H23BrN2O3/c1-17-9-10-23(11-18(17)2)30-16-24(28)27-26-14-19-5-4-8-22(13-19)29-15-20-6-3-7-21(25)12-20/h3-14H,15-16H2,1-2H3,(H,27,28)/b26-14+. The minimum Gasteiger partial charge on any atom is -0.489 e. The summed E-state index contributed by atoms with van der Waals surface area (Å²) >= 11 is 3.45. The average molecular weight is 467 g/mol. The maximum absolute atomic E-state index is 11.9. The third-order valence-corrected chi connectivity index (χ3v) is 4.90. The van der Waals surface area contributed by atoms with Crippen LogP contribution < -0.4 is 14.9 Å². The van der Waals surface area contributed by atoms with Crippen molar-refractivity contribution in [2.75, 3.05) is 6.61 Å². The van der Waals surface area contributed by atoms with E-state index in [1.807, 2.05) is 80.6 Å². The van der Waals surface area contributed by atoms with Crippen LogP contribution in [-0.4, -0.2) is 18.7 Å². The van der Waals surface area contributed by atoms with Gasteiger partial charge in [-0.05, 0) is 72.5 Å². The molecular formula is C24H23BrN2O3. The van der Waals surface area contributed by atoms with Crippen LogP contribution in [0.4, 0.5) is 0 Å². The number of amides is 1. The van der Waals surface area contributed by atoms with E-state index in [4.69, 9.17) is 9.47 Å². The summed E-state index contributed by atoms with van der Waals surface area (Å²) in [7, 11) is 0. The maximum Gasteiger partial charge on any atom is 0.277 e. The average Bonchev–Trinajstić information content (AvgIpc) is 2.73. The first kappa shape index (κ1) is 21.6. The third kappa shape index (κ3) is 6.74. The number of hydrazone groups is 1. The molecule has 154 valence electrons. The summed E-state index contributed by atoms with van der Waals surface area (Å²) in [5.41, 5.74) is 6.65. The van der Waals surface area contributed by atoms with Gasteiger partial charge in [0.1, 0.15) is 18.1 Å². The predicted molar refractivity (Wildman–Crippen MR) is 122 cm³/mol. The van der Waals surface area contributed by atoms with E-state index < -0.39 is 0 Å². The van der Waals surface area contributed by atoms with Gasteiger partial charge in [0.05, 0.1) is 6.21 Å². The molecule has 0 saturated carbocycles. The van der Waals surface area contributed by atoms with Crippen molar-refractivity contribution in [3.8, 4) is 11.5 Å². The number of nitrogens with zero attached hydrogens (tertiary/aromatic N) is 1. The molecule has 0 aromatic heterocycles. The number of ether oxygens (including phenoxy) is 2. The fourth-order valence-electron chi connectivity index (χ4n) is 2.64. The van der Waals surface area contributed by atoms with Crippen LogP contribution in [0, 0.1) is 13.8 Å². The van der Waals surface area contributed by atoms with E-state index in [1.54, 1.807) is 6.21 Å². The van der Waals surface area contributed by atoms with Crippen LogP contribution in [0.5, 0.6) is 11.5 Å². The van der Waals surface area contributed by atoms with Gasteiger partial charge in [0.25, 0.3) is 5.91 Å². The molecule has 1 amide bonds. The Balaban J connectivity index is 1.47. The molecule has 0 unspecified atom stereocenters. The molecule has 0 bridgehead atoms. The van der Waals surface area contributed by atoms with Crippen molar-refractivity contribution in [2.45, 2.75) is 20.5 Å². The van der Waals surface area contributed by atoms with Gasteiger partial charge in [0.2, 0.25) is 0 Å². The van der Waals surface area contributed by atoms with Gasteiger partial charge < -0.3 is 9.47 Å². The lowest BCUT2D eigenvalue weighted by Crippen LogP contribution is -2.24. The molecule has 3 aromatic rings. The Bertz CT molecular complexity index is 1050. The van der Waals surface area contributed by atoms with Crippen molar-refractivity contribution in [3.63, 3.8) is 0 Å². The molecule has 1 N–H and O–H groups in total. The van der Waals surface area contributed by atoms with Crippen molar-refractivity contribution in [1.82, 2.24) is 5.43 Å². The molecule has 0 saturated heterocycles. The molecule has 0 atom stereocenters. The molecule has 0 fully saturated rings. The number of hydrogen-bond donors (Lipinski definition) is 1. The molecule has 0 spiro atoms. The largest absolute Gasteiger partial charge is 0.489 e. The van der Waals surface area contributed by atoms with Gasteiger partial charge in [-0.2, -0.15) is 5.10 Å². The van der Waals surface area contributed by atoms with E-state index in [0.29, 0.717) is 12.4 Å². The van der Waals surface area contributed by atoms with Crippen molar-refractivity contribution in [1.29, 1.82) is 0 Å². The molecule has 0 radical (unpaired) electrons. The van der Waals surface area contributed by atoms with Gasteiger partial charge in [-0.1, -0.05) is 46.3 Å². The Hall–Kier alpha value is -3.12. The van der Waals surface area contributed by atoms with E-state index in [0.717, 1.165) is 26.9 Å². The van der Waals surface area contributed by atoms with Crippen LogP contribution in [0.25, 0.3) is 0 Å². The topological polar surface area (TPSA) is 59.9 Å². The maximum atomic E-state index is 11.9. The first-order valence-corrected chi connectivity index (χ1v) is 10.3. The first-order valence-electron chi connectivity index (χ1n) is 9.49. The van der Waals surface area contributed by atoms with Crippen molar-refractivity contribution in [2.24, 2.45) is 5.10 Å². The lowest BCUT2D eigenvalue weighted by molar-refractivity contribution is -0.123. The van der Waals surface area contributed by atoms with Crippen LogP contribution in [0.2, 0.25) is 0 Å². The van der Waals surface area contributed by atoms with Gasteiger partial charge >= 0.3 is 0 Å². The quantitative estimate of drug-likeness (QED) is 0.367. The highest BCUT2D eigenvalue weighted by Gasteiger charge is 2.03. The normalized spacial score (nSPS) is 10.8. The molecule has 30 heavy (non-hydrogen) atoms. The van der Waals surface area contributed by atoms with E-state index in [-0.39, 0.29) is 12.5 Å². The summed E-state index contributed by atoms with van der Waals surface area (Å²) in [5.74, 6) is 1.06. The summed E-state index contributed by atoms with van der Waals surface area (Å²) in [6.07, 6.45) is 1.57. The number of nitrogens with one attached hydrogen (secondary N) is 1. The monoisotopic (exact) mass is 466 g/mol. The Morgan fingerprint density at radius 1 is 0.967 bits per heavy atom. The second kappa shape index (κ2) is 10.6. The second-order valence-corrected chi connectivity index (χ2v) is 7.73. The van der Waals surface area contributed by atoms with E-state index in [9.17, 15) is 4.79 Å². The predicted octanol–water partition coefficient (Wildman–Crippen LogP) is 5.17. The number of rotatable bonds is 8. The lowest BCUT2D eigenvalue weighted by Gasteiger charge is -2.08. The molecule has 6 heteroatoms. The van der Waals surface area contributed by atoms with Crippen LogP contribution in [0.1, 0.15) is 22.3 Å². The minimum atomic E-state index is -0.327. The zero-order valence-corrected chi connectivity index (χ0v) is 18.5. The summed E-state index contributed by atoms with van der Waals surface area (Å²) < 4.78 is 12.3. The van der Waals surface area contributed by atoms with Gasteiger partial charge in [-0.15, -0.1) is 0 Å². The molecule has 3 aromatic carbocycles. The Morgan fingerprint density at radius 3 is 2.57 bits per heavy atom. The van der Waals surface area contributed by atoms with Gasteiger partial charge in [-0.3, -0.25) is 4.79 Å². The number of carbonyl (C=O) groups excluding carboxylic acids is 1. The summed E-state index contributed by atoms with van der Waals surface area (Å²) in [6.45, 7) is 4.40. The number of benzene rings is 3. The zero-order valence-electron chi connectivity index (χ0n) is 16.9. The van der Waals surface area contributed by atoms with Crippen LogP contribution in [0.3, 0.4) is 0 Å². The van der Waals surface area contributed by atoms with Crippen LogP contribution in [-0.2, 0) is 11.4 Å². The molecule has 0 aliphatic carbocycles. The lowest BCUT2D eigenvalue weighted by atomic mass is 10.1. The highest BCUT2D eigenvalue weighted by molar-refractivity contribution is 9.10. The van der Waals surface area contributed by atoms with Crippen molar-refractivity contribution >= 4 is 28.1 Å². The zero-order chi connectivity index (χ0) is 21.3. The van der Waals surface area contributed by atoms with Gasteiger partial charge in [-0.25, -0.2) is 5.43 Å². The molecular weight excluding hydrogens is 444 g/mol. The molecule has 0 heterocycles. The summed E-state index contributed by atoms with van der Waals surface area (Å²) in [4.78, 5) is 11.9. The summed E-state index contributed by atoms with van der Waals surface area (Å²) in [5, 5.41) is 3.99.